The number of halogens is 3. The molecule has 0 bridgehead atoms. The smallest absolute Gasteiger partial charge is 0.394 e. The summed E-state index contributed by atoms with van der Waals surface area (Å²) in [5.74, 6) is -0.0861. The lowest BCUT2D eigenvalue weighted by atomic mass is 9.98. The van der Waals surface area contributed by atoms with Crippen LogP contribution >= 0.6 is 11.6 Å². The first-order chi connectivity index (χ1) is 16.6. The first-order valence-corrected chi connectivity index (χ1v) is 12.0. The van der Waals surface area contributed by atoms with Gasteiger partial charge in [-0.2, -0.15) is 8.78 Å². The number of hydrogen-bond acceptors (Lipinski definition) is 6. The van der Waals surface area contributed by atoms with Crippen molar-refractivity contribution in [2.75, 3.05) is 49.6 Å². The monoisotopic (exact) mass is 509 g/mol. The van der Waals surface area contributed by atoms with E-state index < -0.39 is 11.7 Å². The van der Waals surface area contributed by atoms with E-state index in [0.717, 1.165) is 18.7 Å². The fourth-order valence-electron chi connectivity index (χ4n) is 4.73. The van der Waals surface area contributed by atoms with Gasteiger partial charge in [-0.1, -0.05) is 17.7 Å². The maximum Gasteiger partial charge on any atom is 0.394 e. The molecule has 2 heterocycles. The maximum absolute atomic E-state index is 13.1. The van der Waals surface area contributed by atoms with Crippen molar-refractivity contribution in [1.29, 1.82) is 0 Å². The second-order valence-corrected chi connectivity index (χ2v) is 9.61. The predicted molar refractivity (Wildman–Crippen MR) is 130 cm³/mol. The normalized spacial score (nSPS) is 21.8. The van der Waals surface area contributed by atoms with Crippen LogP contribution < -0.4 is 15.0 Å². The summed E-state index contributed by atoms with van der Waals surface area (Å²) in [4.78, 5) is 16.9. The highest BCUT2D eigenvalue weighted by Gasteiger charge is 2.44. The number of carbonyl (C=O) groups is 1. The highest BCUT2D eigenvalue weighted by molar-refractivity contribution is 6.30. The molecule has 1 amide bonds. The number of alkyl halides is 2. The summed E-state index contributed by atoms with van der Waals surface area (Å²) in [6, 6.07) is 13.2. The van der Waals surface area contributed by atoms with Crippen molar-refractivity contribution in [3.8, 4) is 5.75 Å². The summed E-state index contributed by atoms with van der Waals surface area (Å²) in [5, 5.41) is 13.4. The summed E-state index contributed by atoms with van der Waals surface area (Å²) in [7, 11) is 0. The molecule has 2 aliphatic heterocycles. The van der Waals surface area contributed by atoms with Crippen molar-refractivity contribution in [1.82, 2.24) is 4.90 Å². The van der Waals surface area contributed by atoms with Crippen LogP contribution in [0.25, 0.3) is 0 Å². The SMILES string of the molecule is CC(F)(F)Oc1ccc(N2CCC3(C2)CN(C(CO)CC(=O)Nc2cccc(Cl)c2)CCO3)cc1. The van der Waals surface area contributed by atoms with Crippen LogP contribution in [0.5, 0.6) is 5.75 Å². The fourth-order valence-corrected chi connectivity index (χ4v) is 4.92. The van der Waals surface area contributed by atoms with Gasteiger partial charge in [0.05, 0.1) is 18.8 Å². The molecule has 7 nitrogen and oxygen atoms in total. The van der Waals surface area contributed by atoms with Crippen LogP contribution in [0.3, 0.4) is 0 Å². The number of nitrogens with zero attached hydrogens (tertiary/aromatic N) is 2. The van der Waals surface area contributed by atoms with E-state index in [1.54, 1.807) is 36.4 Å². The van der Waals surface area contributed by atoms with Gasteiger partial charge in [0.15, 0.2) is 0 Å². The number of rotatable bonds is 8. The van der Waals surface area contributed by atoms with Gasteiger partial charge in [0.1, 0.15) is 5.75 Å². The van der Waals surface area contributed by atoms with Crippen molar-refractivity contribution in [3.63, 3.8) is 0 Å². The van der Waals surface area contributed by atoms with Gasteiger partial charge in [-0.05, 0) is 48.9 Å². The molecule has 35 heavy (non-hydrogen) atoms. The largest absolute Gasteiger partial charge is 0.433 e. The zero-order valence-corrected chi connectivity index (χ0v) is 20.3. The molecule has 0 aromatic heterocycles. The average molecular weight is 510 g/mol. The van der Waals surface area contributed by atoms with E-state index in [2.05, 4.69) is 19.9 Å². The number of morpholine rings is 1. The molecule has 2 aliphatic rings. The van der Waals surface area contributed by atoms with Crippen molar-refractivity contribution in [2.24, 2.45) is 0 Å². The number of aliphatic hydroxyl groups excluding tert-OH is 1. The summed E-state index contributed by atoms with van der Waals surface area (Å²) >= 11 is 5.99. The van der Waals surface area contributed by atoms with Crippen molar-refractivity contribution < 1.29 is 28.2 Å². The van der Waals surface area contributed by atoms with Gasteiger partial charge in [-0.3, -0.25) is 9.69 Å². The summed E-state index contributed by atoms with van der Waals surface area (Å²) in [5.41, 5.74) is 1.08. The molecular formula is C25H30ClF2N3O4. The van der Waals surface area contributed by atoms with Gasteiger partial charge in [-0.25, -0.2) is 0 Å². The number of aliphatic hydroxyl groups is 1. The molecule has 2 aromatic carbocycles. The summed E-state index contributed by atoms with van der Waals surface area (Å²) in [6.07, 6.45) is -2.30. The Morgan fingerprint density at radius 1 is 1.26 bits per heavy atom. The predicted octanol–water partition coefficient (Wildman–Crippen LogP) is 4.00. The molecular weight excluding hydrogens is 480 g/mol. The van der Waals surface area contributed by atoms with Crippen molar-refractivity contribution in [2.45, 2.75) is 37.5 Å². The maximum atomic E-state index is 13.1. The Labute approximate surface area is 208 Å². The number of ether oxygens (including phenoxy) is 2. The van der Waals surface area contributed by atoms with E-state index >= 15 is 0 Å². The molecule has 4 rings (SSSR count). The summed E-state index contributed by atoms with van der Waals surface area (Å²) < 4.78 is 37.0. The Bertz CT molecular complexity index is 1020. The second-order valence-electron chi connectivity index (χ2n) is 9.18. The van der Waals surface area contributed by atoms with E-state index in [1.807, 2.05) is 0 Å². The number of carbonyl (C=O) groups excluding carboxylic acids is 1. The van der Waals surface area contributed by atoms with Crippen LogP contribution in [0.4, 0.5) is 20.2 Å². The lowest BCUT2D eigenvalue weighted by molar-refractivity contribution is -0.158. The van der Waals surface area contributed by atoms with Crippen LogP contribution in [-0.2, 0) is 9.53 Å². The third-order valence-corrected chi connectivity index (χ3v) is 6.58. The number of hydrogen-bond donors (Lipinski definition) is 2. The van der Waals surface area contributed by atoms with E-state index in [-0.39, 0.29) is 30.7 Å². The Balaban J connectivity index is 1.35. The fraction of sp³-hybridized carbons (Fsp3) is 0.480. The highest BCUT2D eigenvalue weighted by atomic mass is 35.5. The van der Waals surface area contributed by atoms with Crippen LogP contribution in [0.15, 0.2) is 48.5 Å². The van der Waals surface area contributed by atoms with Gasteiger partial charge in [0.2, 0.25) is 5.91 Å². The minimum atomic E-state index is -3.23. The van der Waals surface area contributed by atoms with Gasteiger partial charge in [0, 0.05) is 62.0 Å². The lowest BCUT2D eigenvalue weighted by Gasteiger charge is -2.43. The van der Waals surface area contributed by atoms with E-state index in [0.29, 0.717) is 43.9 Å². The van der Waals surface area contributed by atoms with Gasteiger partial charge < -0.3 is 24.8 Å². The molecule has 0 radical (unpaired) electrons. The summed E-state index contributed by atoms with van der Waals surface area (Å²) in [6.45, 7) is 3.64. The second kappa shape index (κ2) is 10.7. The van der Waals surface area contributed by atoms with Crippen LogP contribution in [0, 0.1) is 0 Å². The average Bonchev–Trinajstić information content (AvgIpc) is 3.20. The number of anilines is 2. The molecule has 1 spiro atoms. The topological polar surface area (TPSA) is 74.3 Å². The van der Waals surface area contributed by atoms with E-state index in [4.69, 9.17) is 16.3 Å². The molecule has 2 unspecified atom stereocenters. The Morgan fingerprint density at radius 3 is 2.71 bits per heavy atom. The zero-order valence-electron chi connectivity index (χ0n) is 19.6. The molecule has 2 N–H and O–H groups in total. The third-order valence-electron chi connectivity index (χ3n) is 6.35. The minimum Gasteiger partial charge on any atom is -0.433 e. The number of benzene rings is 2. The van der Waals surface area contributed by atoms with Gasteiger partial charge in [0.25, 0.3) is 0 Å². The van der Waals surface area contributed by atoms with Crippen LogP contribution in [-0.4, -0.2) is 73.1 Å². The number of nitrogens with one attached hydrogen (secondary N) is 1. The molecule has 2 atom stereocenters. The van der Waals surface area contributed by atoms with Crippen molar-refractivity contribution in [3.05, 3.63) is 53.6 Å². The molecule has 2 aromatic rings. The Hall–Kier alpha value is -2.46. The zero-order chi connectivity index (χ0) is 25.1. The first kappa shape index (κ1) is 25.6. The molecule has 2 saturated heterocycles. The molecule has 2 fully saturated rings. The molecule has 0 aliphatic carbocycles. The standard InChI is InChI=1S/C25H30ClF2N3O4/c1-24(27,28)35-22-7-5-20(6-8-22)30-10-9-25(16-30)17-31(11-12-34-25)21(15-32)14-23(33)29-19-4-2-3-18(26)13-19/h2-8,13,21,32H,9-12,14-17H2,1H3,(H,29,33). The molecule has 10 heteroatoms. The molecule has 190 valence electrons. The van der Waals surface area contributed by atoms with Crippen molar-refractivity contribution >= 4 is 28.9 Å². The Kier molecular flexibility index (Phi) is 7.80. The third kappa shape index (κ3) is 6.82. The number of amides is 1. The minimum absolute atomic E-state index is 0.108. The van der Waals surface area contributed by atoms with Gasteiger partial charge >= 0.3 is 6.11 Å². The first-order valence-electron chi connectivity index (χ1n) is 11.6. The van der Waals surface area contributed by atoms with Crippen LogP contribution in [0.2, 0.25) is 5.02 Å². The van der Waals surface area contributed by atoms with E-state index in [1.165, 1.54) is 12.1 Å². The van der Waals surface area contributed by atoms with Gasteiger partial charge in [-0.15, -0.1) is 0 Å². The van der Waals surface area contributed by atoms with E-state index in [9.17, 15) is 18.7 Å². The Morgan fingerprint density at radius 2 is 2.03 bits per heavy atom. The van der Waals surface area contributed by atoms with Crippen LogP contribution in [0.1, 0.15) is 19.8 Å². The quantitative estimate of drug-likeness (QED) is 0.560. The molecule has 0 saturated carbocycles. The lowest BCUT2D eigenvalue weighted by Crippen LogP contribution is -2.57. The highest BCUT2D eigenvalue weighted by Crippen LogP contribution is 2.34.